The summed E-state index contributed by atoms with van der Waals surface area (Å²) in [6, 6.07) is 11.3. The minimum atomic E-state index is -3.90. The lowest BCUT2D eigenvalue weighted by Gasteiger charge is -2.06. The minimum Gasteiger partial charge on any atom is -0.249 e. The van der Waals surface area contributed by atoms with Crippen LogP contribution in [0.25, 0.3) is 22.4 Å². The largest absolute Gasteiger partial charge is 0.269 e. The van der Waals surface area contributed by atoms with Gasteiger partial charge in [0.25, 0.3) is 10.0 Å². The van der Waals surface area contributed by atoms with Crippen LogP contribution in [-0.2, 0) is 19.9 Å². The second-order valence-electron chi connectivity index (χ2n) is 5.77. The van der Waals surface area contributed by atoms with Crippen LogP contribution in [0.1, 0.15) is 0 Å². The van der Waals surface area contributed by atoms with Crippen molar-refractivity contribution in [3.8, 4) is 11.4 Å². The standard InChI is InChI=1S/C16H13N5O4S2/c1-26(22,23)16-18-14(19-20-16)13-10-21(15-12(13)8-5-9-17-15)27(24,25)11-6-3-2-4-7-11/h2-10H,1H3,(H,18,19,20). The fraction of sp³-hybridized carbons (Fsp3) is 0.0625. The number of fused-ring (bicyclic) bond motifs is 1. The monoisotopic (exact) mass is 403 g/mol. The van der Waals surface area contributed by atoms with E-state index in [2.05, 4.69) is 20.2 Å². The topological polar surface area (TPSA) is 128 Å². The van der Waals surface area contributed by atoms with Gasteiger partial charge in [0.15, 0.2) is 11.5 Å². The first kappa shape index (κ1) is 17.4. The van der Waals surface area contributed by atoms with Crippen molar-refractivity contribution in [3.05, 3.63) is 54.9 Å². The average Bonchev–Trinajstić information content (AvgIpc) is 3.27. The Hall–Kier alpha value is -3.05. The Bertz CT molecular complexity index is 1360. The van der Waals surface area contributed by atoms with Crippen molar-refractivity contribution >= 4 is 30.9 Å². The van der Waals surface area contributed by atoms with Crippen LogP contribution in [0.5, 0.6) is 0 Å². The maximum absolute atomic E-state index is 13.0. The van der Waals surface area contributed by atoms with E-state index >= 15 is 0 Å². The van der Waals surface area contributed by atoms with Crippen molar-refractivity contribution < 1.29 is 16.8 Å². The number of hydrogen-bond donors (Lipinski definition) is 1. The number of rotatable bonds is 4. The van der Waals surface area contributed by atoms with Crippen LogP contribution in [-0.4, -0.2) is 47.2 Å². The van der Waals surface area contributed by atoms with E-state index in [0.29, 0.717) is 10.9 Å². The second-order valence-corrected chi connectivity index (χ2v) is 9.51. The number of aromatic nitrogens is 5. The van der Waals surface area contributed by atoms with E-state index in [0.717, 1.165) is 10.2 Å². The molecule has 27 heavy (non-hydrogen) atoms. The van der Waals surface area contributed by atoms with Crippen molar-refractivity contribution in [2.75, 3.05) is 6.26 Å². The fourth-order valence-electron chi connectivity index (χ4n) is 2.63. The van der Waals surface area contributed by atoms with Crippen molar-refractivity contribution in [2.45, 2.75) is 10.1 Å². The Morgan fingerprint density at radius 1 is 1.00 bits per heavy atom. The van der Waals surface area contributed by atoms with Crippen LogP contribution < -0.4 is 0 Å². The summed E-state index contributed by atoms with van der Waals surface area (Å²) in [6.07, 6.45) is 3.82. The summed E-state index contributed by atoms with van der Waals surface area (Å²) < 4.78 is 50.4. The van der Waals surface area contributed by atoms with Gasteiger partial charge >= 0.3 is 0 Å². The number of benzene rings is 1. The highest BCUT2D eigenvalue weighted by Crippen LogP contribution is 2.30. The van der Waals surface area contributed by atoms with E-state index in [-0.39, 0.29) is 21.5 Å². The zero-order valence-electron chi connectivity index (χ0n) is 13.9. The van der Waals surface area contributed by atoms with Gasteiger partial charge in [0, 0.05) is 29.6 Å². The molecule has 0 unspecified atom stereocenters. The van der Waals surface area contributed by atoms with Crippen LogP contribution in [0.4, 0.5) is 0 Å². The number of nitrogens with zero attached hydrogens (tertiary/aromatic N) is 4. The van der Waals surface area contributed by atoms with Gasteiger partial charge in [0.1, 0.15) is 0 Å². The molecule has 3 aromatic heterocycles. The number of pyridine rings is 1. The molecule has 4 aromatic rings. The number of aromatic amines is 1. The van der Waals surface area contributed by atoms with Gasteiger partial charge in [0.05, 0.1) is 4.90 Å². The number of sulfone groups is 1. The van der Waals surface area contributed by atoms with E-state index in [1.54, 1.807) is 30.3 Å². The summed E-state index contributed by atoms with van der Waals surface area (Å²) in [7, 11) is -7.48. The van der Waals surface area contributed by atoms with Crippen LogP contribution >= 0.6 is 0 Å². The van der Waals surface area contributed by atoms with Crippen molar-refractivity contribution in [1.29, 1.82) is 0 Å². The van der Waals surface area contributed by atoms with Gasteiger partial charge in [-0.05, 0) is 24.3 Å². The fourth-order valence-corrected chi connectivity index (χ4v) is 4.44. The van der Waals surface area contributed by atoms with Gasteiger partial charge in [-0.25, -0.2) is 30.9 Å². The molecule has 9 nitrogen and oxygen atoms in total. The van der Waals surface area contributed by atoms with E-state index in [1.807, 2.05) is 0 Å². The average molecular weight is 403 g/mol. The molecule has 1 N–H and O–H groups in total. The summed E-state index contributed by atoms with van der Waals surface area (Å²) in [4.78, 5) is 8.26. The first-order chi connectivity index (χ1) is 12.8. The molecular weight excluding hydrogens is 390 g/mol. The molecule has 0 fully saturated rings. The molecular formula is C16H13N5O4S2. The van der Waals surface area contributed by atoms with Crippen molar-refractivity contribution in [2.24, 2.45) is 0 Å². The Morgan fingerprint density at radius 3 is 2.41 bits per heavy atom. The van der Waals surface area contributed by atoms with Gasteiger partial charge in [-0.3, -0.25) is 0 Å². The molecule has 0 aliphatic carbocycles. The highest BCUT2D eigenvalue weighted by molar-refractivity contribution is 7.90. The quantitative estimate of drug-likeness (QED) is 0.546. The van der Waals surface area contributed by atoms with Crippen molar-refractivity contribution in [1.82, 2.24) is 24.1 Å². The first-order valence-corrected chi connectivity index (χ1v) is 11.0. The normalized spacial score (nSPS) is 12.5. The van der Waals surface area contributed by atoms with Crippen LogP contribution in [0.15, 0.2) is 64.9 Å². The predicted octanol–water partition coefficient (Wildman–Crippen LogP) is 1.46. The van der Waals surface area contributed by atoms with Crippen LogP contribution in [0.2, 0.25) is 0 Å². The Kier molecular flexibility index (Phi) is 3.86. The van der Waals surface area contributed by atoms with Crippen molar-refractivity contribution in [3.63, 3.8) is 0 Å². The third kappa shape index (κ3) is 2.90. The zero-order valence-corrected chi connectivity index (χ0v) is 15.6. The highest BCUT2D eigenvalue weighted by Gasteiger charge is 2.24. The van der Waals surface area contributed by atoms with Gasteiger partial charge < -0.3 is 0 Å². The van der Waals surface area contributed by atoms with Gasteiger partial charge in [-0.15, -0.1) is 0 Å². The van der Waals surface area contributed by atoms with Gasteiger partial charge in [0.2, 0.25) is 15.0 Å². The molecule has 0 aliphatic rings. The van der Waals surface area contributed by atoms with Gasteiger partial charge in [-0.2, -0.15) is 10.1 Å². The van der Waals surface area contributed by atoms with E-state index < -0.39 is 19.9 Å². The number of H-pyrrole nitrogens is 1. The van der Waals surface area contributed by atoms with E-state index in [4.69, 9.17) is 0 Å². The molecule has 0 bridgehead atoms. The molecule has 4 rings (SSSR count). The van der Waals surface area contributed by atoms with Gasteiger partial charge in [-0.1, -0.05) is 18.2 Å². The summed E-state index contributed by atoms with van der Waals surface area (Å²) in [6.45, 7) is 0. The lowest BCUT2D eigenvalue weighted by molar-refractivity contribution is 0.588. The maximum Gasteiger partial charge on any atom is 0.269 e. The summed E-state index contributed by atoms with van der Waals surface area (Å²) >= 11 is 0. The summed E-state index contributed by atoms with van der Waals surface area (Å²) in [5.41, 5.74) is 0.547. The molecule has 0 saturated carbocycles. The lowest BCUT2D eigenvalue weighted by atomic mass is 10.2. The number of hydrogen-bond acceptors (Lipinski definition) is 7. The smallest absolute Gasteiger partial charge is 0.249 e. The summed E-state index contributed by atoms with van der Waals surface area (Å²) in [5, 5.41) is 6.46. The molecule has 0 radical (unpaired) electrons. The molecule has 0 aliphatic heterocycles. The minimum absolute atomic E-state index is 0.0652. The zero-order chi connectivity index (χ0) is 19.2. The molecule has 138 valence electrons. The Morgan fingerprint density at radius 2 is 1.74 bits per heavy atom. The molecule has 0 spiro atoms. The molecule has 0 saturated heterocycles. The third-order valence-electron chi connectivity index (χ3n) is 3.89. The molecule has 3 heterocycles. The highest BCUT2D eigenvalue weighted by atomic mass is 32.2. The number of nitrogens with one attached hydrogen (secondary N) is 1. The molecule has 1 aromatic carbocycles. The molecule has 11 heteroatoms. The Labute approximate surface area is 154 Å². The first-order valence-electron chi connectivity index (χ1n) is 7.68. The van der Waals surface area contributed by atoms with E-state index in [1.165, 1.54) is 24.5 Å². The molecule has 0 amide bonds. The lowest BCUT2D eigenvalue weighted by Crippen LogP contribution is -2.12. The van der Waals surface area contributed by atoms with Crippen LogP contribution in [0, 0.1) is 0 Å². The predicted molar refractivity (Wildman–Crippen MR) is 97.2 cm³/mol. The van der Waals surface area contributed by atoms with E-state index in [9.17, 15) is 16.8 Å². The SMILES string of the molecule is CS(=O)(=O)c1nc(-c2cn(S(=O)(=O)c3ccccc3)c3ncccc23)n[nH]1. The summed E-state index contributed by atoms with van der Waals surface area (Å²) in [5.74, 6) is 0.0652. The maximum atomic E-state index is 13.0. The molecule has 0 atom stereocenters. The second kappa shape index (κ2) is 5.99. The van der Waals surface area contributed by atoms with Crippen LogP contribution in [0.3, 0.4) is 0 Å². The third-order valence-corrected chi connectivity index (χ3v) is 6.44. The Balaban J connectivity index is 1.97.